The quantitative estimate of drug-likeness (QED) is 0.410. The second-order valence-electron chi connectivity index (χ2n) is 7.52. The molecular weight excluding hydrogens is 296 g/mol. The Kier molecular flexibility index (Phi) is 20.0. The van der Waals surface area contributed by atoms with Gasteiger partial charge in [-0.05, 0) is 70.6 Å². The Labute approximate surface area is 152 Å². The molecule has 2 nitrogen and oxygen atoms in total. The van der Waals surface area contributed by atoms with Crippen LogP contribution in [0.4, 0.5) is 0 Å². The Balaban J connectivity index is 0. The molecule has 3 atom stereocenters. The van der Waals surface area contributed by atoms with Crippen LogP contribution in [0.3, 0.4) is 0 Å². The highest BCUT2D eigenvalue weighted by Crippen LogP contribution is 2.07. The first-order valence-electron chi connectivity index (χ1n) is 9.95. The molecule has 0 aliphatic rings. The van der Waals surface area contributed by atoms with E-state index in [0.717, 1.165) is 37.5 Å². The lowest BCUT2D eigenvalue weighted by Crippen LogP contribution is -1.97. The molecule has 3 unspecified atom stereocenters. The van der Waals surface area contributed by atoms with Gasteiger partial charge in [-0.2, -0.15) is 0 Å². The molecule has 0 aliphatic carbocycles. The van der Waals surface area contributed by atoms with Gasteiger partial charge in [0.25, 0.3) is 0 Å². The number of aliphatic hydroxyl groups excluding tert-OH is 2. The smallest absolute Gasteiger partial charge is 0.0515 e. The maximum Gasteiger partial charge on any atom is 0.0515 e. The lowest BCUT2D eigenvalue weighted by atomic mass is 10.0. The van der Waals surface area contributed by atoms with Crippen molar-refractivity contribution in [1.29, 1.82) is 0 Å². The first-order valence-corrected chi connectivity index (χ1v) is 9.95. The second kappa shape index (κ2) is 18.7. The summed E-state index contributed by atoms with van der Waals surface area (Å²) in [4.78, 5) is 0. The summed E-state index contributed by atoms with van der Waals surface area (Å²) >= 11 is 0. The Hall–Kier alpha value is -0.600. The van der Waals surface area contributed by atoms with Gasteiger partial charge in [0.05, 0.1) is 12.2 Å². The van der Waals surface area contributed by atoms with Crippen LogP contribution in [-0.4, -0.2) is 22.4 Å². The highest BCUT2D eigenvalue weighted by Gasteiger charge is 1.94. The molecule has 0 aromatic heterocycles. The molecule has 0 fully saturated rings. The first kappa shape index (κ1) is 25.6. The number of allylic oxidation sites excluding steroid dienone is 4. The lowest BCUT2D eigenvalue weighted by Gasteiger charge is -2.02. The number of hydrogen-bond donors (Lipinski definition) is 2. The minimum absolute atomic E-state index is 0.153. The average Bonchev–Trinajstić information content (AvgIpc) is 2.50. The predicted molar refractivity (Wildman–Crippen MR) is 108 cm³/mol. The molecule has 0 radical (unpaired) electrons. The van der Waals surface area contributed by atoms with Crippen molar-refractivity contribution in [2.75, 3.05) is 0 Å². The van der Waals surface area contributed by atoms with E-state index in [4.69, 9.17) is 10.2 Å². The van der Waals surface area contributed by atoms with Crippen LogP contribution in [0.15, 0.2) is 24.3 Å². The summed E-state index contributed by atoms with van der Waals surface area (Å²) in [6.45, 7) is 12.6. The van der Waals surface area contributed by atoms with Crippen molar-refractivity contribution in [3.8, 4) is 0 Å². The first-order chi connectivity index (χ1) is 11.3. The molecule has 0 rings (SSSR count). The zero-order chi connectivity index (χ0) is 18.8. The van der Waals surface area contributed by atoms with Crippen LogP contribution in [0.5, 0.6) is 0 Å². The molecule has 0 bridgehead atoms. The van der Waals surface area contributed by atoms with Crippen LogP contribution in [0, 0.1) is 11.8 Å². The molecule has 0 spiro atoms. The second-order valence-corrected chi connectivity index (χ2v) is 7.52. The largest absolute Gasteiger partial charge is 0.393 e. The lowest BCUT2D eigenvalue weighted by molar-refractivity contribution is 0.185. The number of rotatable bonds is 12. The summed E-state index contributed by atoms with van der Waals surface area (Å²) in [6.07, 6.45) is 17.2. The topological polar surface area (TPSA) is 40.5 Å². The van der Waals surface area contributed by atoms with Crippen LogP contribution in [0.2, 0.25) is 0 Å². The van der Waals surface area contributed by atoms with Crippen molar-refractivity contribution in [2.45, 2.75) is 105 Å². The fraction of sp³-hybridized carbons (Fsp3) is 0.818. The van der Waals surface area contributed by atoms with Gasteiger partial charge in [0.1, 0.15) is 0 Å². The minimum atomic E-state index is -0.154. The van der Waals surface area contributed by atoms with Crippen molar-refractivity contribution in [2.24, 2.45) is 11.8 Å². The van der Waals surface area contributed by atoms with Crippen LogP contribution in [0.1, 0.15) is 92.9 Å². The molecular formula is C22H44O2. The van der Waals surface area contributed by atoms with E-state index in [-0.39, 0.29) is 12.2 Å². The van der Waals surface area contributed by atoms with Crippen molar-refractivity contribution in [3.63, 3.8) is 0 Å². The fourth-order valence-corrected chi connectivity index (χ4v) is 1.95. The van der Waals surface area contributed by atoms with Gasteiger partial charge in [-0.25, -0.2) is 0 Å². The van der Waals surface area contributed by atoms with Gasteiger partial charge in [0.15, 0.2) is 0 Å². The van der Waals surface area contributed by atoms with Gasteiger partial charge in [-0.3, -0.25) is 0 Å². The Morgan fingerprint density at radius 2 is 1.08 bits per heavy atom. The highest BCUT2D eigenvalue weighted by atomic mass is 16.3. The van der Waals surface area contributed by atoms with Gasteiger partial charge in [0.2, 0.25) is 0 Å². The SMILES string of the molecule is CC(C)CCC=CCCC(C)O.CCC(C)CC=CCCC(C)O. The van der Waals surface area contributed by atoms with E-state index >= 15 is 0 Å². The third kappa shape index (κ3) is 26.3. The van der Waals surface area contributed by atoms with E-state index in [9.17, 15) is 0 Å². The standard InChI is InChI=1S/2C11H22O/c1-10(2)8-6-4-5-7-9-11(3)12;1-4-10(2)8-6-5-7-9-11(3)12/h4-5,10-12H,6-9H2,1-3H3;5-6,10-12H,4,7-9H2,1-3H3. The zero-order valence-electron chi connectivity index (χ0n) is 17.2. The van der Waals surface area contributed by atoms with E-state index < -0.39 is 0 Å². The van der Waals surface area contributed by atoms with Gasteiger partial charge in [0, 0.05) is 0 Å². The third-order valence-corrected chi connectivity index (χ3v) is 3.98. The van der Waals surface area contributed by atoms with Crippen molar-refractivity contribution < 1.29 is 10.2 Å². The normalized spacial score (nSPS) is 15.5. The average molecular weight is 341 g/mol. The van der Waals surface area contributed by atoms with Crippen molar-refractivity contribution in [3.05, 3.63) is 24.3 Å². The summed E-state index contributed by atoms with van der Waals surface area (Å²) in [5.74, 6) is 1.60. The fourth-order valence-electron chi connectivity index (χ4n) is 1.95. The van der Waals surface area contributed by atoms with E-state index in [0.29, 0.717) is 0 Å². The molecule has 0 aromatic carbocycles. The molecule has 0 saturated carbocycles. The van der Waals surface area contributed by atoms with Crippen molar-refractivity contribution >= 4 is 0 Å². The third-order valence-electron chi connectivity index (χ3n) is 3.98. The molecule has 0 amide bonds. The molecule has 0 aromatic rings. The Bertz CT molecular complexity index is 276. The van der Waals surface area contributed by atoms with Crippen LogP contribution >= 0.6 is 0 Å². The van der Waals surface area contributed by atoms with Crippen LogP contribution in [-0.2, 0) is 0 Å². The summed E-state index contributed by atoms with van der Waals surface area (Å²) in [5.41, 5.74) is 0. The maximum absolute atomic E-state index is 8.97. The Morgan fingerprint density at radius 3 is 1.46 bits per heavy atom. The molecule has 144 valence electrons. The van der Waals surface area contributed by atoms with Crippen molar-refractivity contribution in [1.82, 2.24) is 0 Å². The minimum Gasteiger partial charge on any atom is -0.393 e. The molecule has 0 saturated heterocycles. The van der Waals surface area contributed by atoms with E-state index in [1.807, 2.05) is 13.8 Å². The number of hydrogen-bond acceptors (Lipinski definition) is 2. The monoisotopic (exact) mass is 340 g/mol. The molecule has 0 aliphatic heterocycles. The summed E-state index contributed by atoms with van der Waals surface area (Å²) < 4.78 is 0. The van der Waals surface area contributed by atoms with Crippen LogP contribution in [0.25, 0.3) is 0 Å². The highest BCUT2D eigenvalue weighted by molar-refractivity contribution is 4.83. The van der Waals surface area contributed by atoms with E-state index in [1.54, 1.807) is 0 Å². The van der Waals surface area contributed by atoms with E-state index in [2.05, 4.69) is 52.0 Å². The molecule has 24 heavy (non-hydrogen) atoms. The zero-order valence-corrected chi connectivity index (χ0v) is 17.2. The summed E-state index contributed by atoms with van der Waals surface area (Å²) in [5, 5.41) is 17.9. The van der Waals surface area contributed by atoms with Crippen LogP contribution < -0.4 is 0 Å². The van der Waals surface area contributed by atoms with Gasteiger partial charge < -0.3 is 10.2 Å². The van der Waals surface area contributed by atoms with Gasteiger partial charge in [-0.15, -0.1) is 0 Å². The molecule has 0 heterocycles. The van der Waals surface area contributed by atoms with Gasteiger partial charge >= 0.3 is 0 Å². The summed E-state index contributed by atoms with van der Waals surface area (Å²) in [7, 11) is 0. The molecule has 2 heteroatoms. The summed E-state index contributed by atoms with van der Waals surface area (Å²) in [6, 6.07) is 0. The molecule has 2 N–H and O–H groups in total. The maximum atomic E-state index is 8.97. The van der Waals surface area contributed by atoms with Gasteiger partial charge in [-0.1, -0.05) is 58.4 Å². The predicted octanol–water partition coefficient (Wildman–Crippen LogP) is 6.28. The number of aliphatic hydroxyl groups is 2. The Morgan fingerprint density at radius 1 is 0.667 bits per heavy atom. The van der Waals surface area contributed by atoms with E-state index in [1.165, 1.54) is 25.7 Å².